The number of carbonyl (C=O) groups is 1. The monoisotopic (exact) mass is 393 g/mol. The molecule has 2 aromatic heterocycles. The molecule has 0 aliphatic carbocycles. The molecule has 1 amide bonds. The van der Waals surface area contributed by atoms with Crippen LogP contribution in [0, 0.1) is 6.92 Å². The first-order chi connectivity index (χ1) is 14.2. The van der Waals surface area contributed by atoms with Gasteiger partial charge in [0.1, 0.15) is 17.6 Å². The van der Waals surface area contributed by atoms with Crippen LogP contribution in [0.3, 0.4) is 0 Å². The van der Waals surface area contributed by atoms with Gasteiger partial charge in [0.15, 0.2) is 5.69 Å². The smallest absolute Gasteiger partial charge is 0.276 e. The summed E-state index contributed by atoms with van der Waals surface area (Å²) in [6.07, 6.45) is 5.04. The van der Waals surface area contributed by atoms with Crippen molar-refractivity contribution in [1.82, 2.24) is 24.9 Å². The summed E-state index contributed by atoms with van der Waals surface area (Å²) in [6.45, 7) is 3.09. The molecule has 29 heavy (non-hydrogen) atoms. The van der Waals surface area contributed by atoms with Gasteiger partial charge in [-0.05, 0) is 31.2 Å². The molecule has 3 aromatic rings. The van der Waals surface area contributed by atoms with Crippen LogP contribution in [-0.4, -0.2) is 57.1 Å². The van der Waals surface area contributed by atoms with Crippen molar-refractivity contribution < 1.29 is 14.3 Å². The van der Waals surface area contributed by atoms with Crippen LogP contribution in [-0.2, 0) is 0 Å². The van der Waals surface area contributed by atoms with E-state index in [0.29, 0.717) is 24.5 Å². The Morgan fingerprint density at radius 1 is 1.14 bits per heavy atom. The maximum atomic E-state index is 13.0. The van der Waals surface area contributed by atoms with Crippen LogP contribution in [0.25, 0.3) is 5.69 Å². The first-order valence-corrected chi connectivity index (χ1v) is 9.58. The van der Waals surface area contributed by atoms with Crippen molar-refractivity contribution in [2.45, 2.75) is 25.9 Å². The number of benzene rings is 1. The van der Waals surface area contributed by atoms with Crippen molar-refractivity contribution in [2.75, 3.05) is 20.2 Å². The van der Waals surface area contributed by atoms with Gasteiger partial charge >= 0.3 is 0 Å². The van der Waals surface area contributed by atoms with Crippen molar-refractivity contribution in [2.24, 2.45) is 0 Å². The van der Waals surface area contributed by atoms with E-state index in [1.807, 2.05) is 48.2 Å². The zero-order valence-corrected chi connectivity index (χ0v) is 16.5. The molecule has 0 bridgehead atoms. The van der Waals surface area contributed by atoms with Crippen molar-refractivity contribution >= 4 is 5.91 Å². The number of nitrogens with zero attached hydrogens (tertiary/aromatic N) is 5. The van der Waals surface area contributed by atoms with Crippen LogP contribution >= 0.6 is 0 Å². The molecular formula is C21H23N5O3. The fourth-order valence-corrected chi connectivity index (χ4v) is 3.45. The quantitative estimate of drug-likeness (QED) is 0.663. The van der Waals surface area contributed by atoms with Gasteiger partial charge in [-0.2, -0.15) is 0 Å². The zero-order valence-electron chi connectivity index (χ0n) is 16.5. The van der Waals surface area contributed by atoms with E-state index < -0.39 is 0 Å². The molecule has 0 unspecified atom stereocenters. The molecule has 150 valence electrons. The molecule has 4 rings (SSSR count). The van der Waals surface area contributed by atoms with E-state index >= 15 is 0 Å². The highest BCUT2D eigenvalue weighted by Crippen LogP contribution is 2.21. The number of methoxy groups -OCH3 is 1. The number of rotatable bonds is 5. The Balaban J connectivity index is 1.42. The number of hydrogen-bond acceptors (Lipinski definition) is 6. The highest BCUT2D eigenvalue weighted by molar-refractivity contribution is 5.93. The summed E-state index contributed by atoms with van der Waals surface area (Å²) in [5.41, 5.74) is 1.88. The van der Waals surface area contributed by atoms with E-state index in [-0.39, 0.29) is 12.0 Å². The standard InChI is InChI=1S/C21H23N5O3/c1-15-20(23-24-26(15)16-5-3-6-18(13-16)28-2)21(27)25-11-8-17(9-12-25)29-19-7-4-10-22-14-19/h3-7,10,13-14,17H,8-9,11-12H2,1-2H3. The molecule has 1 aliphatic heterocycles. The molecule has 0 saturated carbocycles. The summed E-state index contributed by atoms with van der Waals surface area (Å²) in [4.78, 5) is 18.9. The Morgan fingerprint density at radius 3 is 2.66 bits per heavy atom. The van der Waals surface area contributed by atoms with Gasteiger partial charge in [-0.1, -0.05) is 11.3 Å². The molecule has 1 fully saturated rings. The third kappa shape index (κ3) is 4.06. The number of pyridine rings is 1. The minimum absolute atomic E-state index is 0.0804. The predicted octanol–water partition coefficient (Wildman–Crippen LogP) is 2.66. The second kappa shape index (κ2) is 8.30. The second-order valence-electron chi connectivity index (χ2n) is 6.93. The Bertz CT molecular complexity index is 981. The van der Waals surface area contributed by atoms with E-state index in [0.717, 1.165) is 30.0 Å². The van der Waals surface area contributed by atoms with Crippen LogP contribution in [0.5, 0.6) is 11.5 Å². The number of piperidine rings is 1. The Morgan fingerprint density at radius 2 is 1.93 bits per heavy atom. The van der Waals surface area contributed by atoms with Gasteiger partial charge in [0.05, 0.1) is 24.7 Å². The molecule has 1 aliphatic rings. The highest BCUT2D eigenvalue weighted by atomic mass is 16.5. The Kier molecular flexibility index (Phi) is 5.41. The minimum Gasteiger partial charge on any atom is -0.497 e. The van der Waals surface area contributed by atoms with Crippen LogP contribution < -0.4 is 9.47 Å². The van der Waals surface area contributed by atoms with E-state index in [9.17, 15) is 4.79 Å². The first kappa shape index (κ1) is 18.9. The number of amides is 1. The molecule has 8 heteroatoms. The van der Waals surface area contributed by atoms with Crippen molar-refractivity contribution in [3.63, 3.8) is 0 Å². The molecule has 0 spiro atoms. The Hall–Kier alpha value is -3.42. The molecule has 0 atom stereocenters. The van der Waals surface area contributed by atoms with Gasteiger partial charge in [0.2, 0.25) is 0 Å². The SMILES string of the molecule is COc1cccc(-n2nnc(C(=O)N3CCC(Oc4cccnc4)CC3)c2C)c1. The van der Waals surface area contributed by atoms with Gasteiger partial charge in [-0.15, -0.1) is 5.10 Å². The lowest BCUT2D eigenvalue weighted by Crippen LogP contribution is -2.42. The number of carbonyl (C=O) groups excluding carboxylic acids is 1. The molecule has 0 radical (unpaired) electrons. The lowest BCUT2D eigenvalue weighted by molar-refractivity contribution is 0.0589. The number of hydrogen-bond donors (Lipinski definition) is 0. The maximum absolute atomic E-state index is 13.0. The molecule has 1 aromatic carbocycles. The average Bonchev–Trinajstić information content (AvgIpc) is 3.16. The molecule has 3 heterocycles. The average molecular weight is 393 g/mol. The van der Waals surface area contributed by atoms with Crippen molar-refractivity contribution in [3.05, 3.63) is 60.2 Å². The highest BCUT2D eigenvalue weighted by Gasteiger charge is 2.28. The maximum Gasteiger partial charge on any atom is 0.276 e. The third-order valence-electron chi connectivity index (χ3n) is 5.06. The zero-order chi connectivity index (χ0) is 20.2. The summed E-state index contributed by atoms with van der Waals surface area (Å²) >= 11 is 0. The van der Waals surface area contributed by atoms with E-state index in [4.69, 9.17) is 9.47 Å². The second-order valence-corrected chi connectivity index (χ2v) is 6.93. The predicted molar refractivity (Wildman–Crippen MR) is 106 cm³/mol. The van der Waals surface area contributed by atoms with Gasteiger partial charge in [-0.25, -0.2) is 4.68 Å². The molecule has 1 saturated heterocycles. The Labute approximate surface area is 169 Å². The van der Waals surface area contributed by atoms with Crippen LogP contribution in [0.2, 0.25) is 0 Å². The topological polar surface area (TPSA) is 82.4 Å². The fourth-order valence-electron chi connectivity index (χ4n) is 3.45. The summed E-state index contributed by atoms with van der Waals surface area (Å²) in [5, 5.41) is 8.33. The fraction of sp³-hybridized carbons (Fsp3) is 0.333. The summed E-state index contributed by atoms with van der Waals surface area (Å²) in [7, 11) is 1.61. The summed E-state index contributed by atoms with van der Waals surface area (Å²) < 4.78 is 12.9. The van der Waals surface area contributed by atoms with E-state index in [2.05, 4.69) is 15.3 Å². The molecule has 8 nitrogen and oxygen atoms in total. The third-order valence-corrected chi connectivity index (χ3v) is 5.06. The normalized spacial score (nSPS) is 14.6. The largest absolute Gasteiger partial charge is 0.497 e. The van der Waals surface area contributed by atoms with Gasteiger partial charge in [0.25, 0.3) is 5.91 Å². The van der Waals surface area contributed by atoms with Crippen LogP contribution in [0.1, 0.15) is 29.0 Å². The summed E-state index contributed by atoms with van der Waals surface area (Å²) in [6, 6.07) is 11.2. The van der Waals surface area contributed by atoms with Crippen LogP contribution in [0.15, 0.2) is 48.8 Å². The lowest BCUT2D eigenvalue weighted by atomic mass is 10.1. The summed E-state index contributed by atoms with van der Waals surface area (Å²) in [5.74, 6) is 1.38. The lowest BCUT2D eigenvalue weighted by Gasteiger charge is -2.31. The van der Waals surface area contributed by atoms with Gasteiger partial charge < -0.3 is 14.4 Å². The van der Waals surface area contributed by atoms with Gasteiger partial charge in [-0.3, -0.25) is 9.78 Å². The molecular weight excluding hydrogens is 370 g/mol. The van der Waals surface area contributed by atoms with Crippen molar-refractivity contribution in [3.8, 4) is 17.2 Å². The van der Waals surface area contributed by atoms with E-state index in [1.54, 1.807) is 24.2 Å². The number of aromatic nitrogens is 4. The number of ether oxygens (including phenoxy) is 2. The van der Waals surface area contributed by atoms with Gasteiger partial charge in [0, 0.05) is 38.2 Å². The first-order valence-electron chi connectivity index (χ1n) is 9.58. The van der Waals surface area contributed by atoms with Crippen molar-refractivity contribution in [1.29, 1.82) is 0 Å². The van der Waals surface area contributed by atoms with E-state index in [1.165, 1.54) is 0 Å². The molecule has 0 N–H and O–H groups in total. The number of likely N-dealkylation sites (tertiary alicyclic amines) is 1. The minimum atomic E-state index is -0.100. The van der Waals surface area contributed by atoms with Crippen LogP contribution in [0.4, 0.5) is 0 Å².